The molecule has 4 rings (SSSR count). The molecule has 2 aromatic rings. The van der Waals surface area contributed by atoms with Gasteiger partial charge < -0.3 is 10.6 Å². The molecule has 2 aliphatic rings. The third kappa shape index (κ3) is 3.95. The molecule has 2 N–H and O–H groups in total. The number of rotatable bonds is 3. The number of halogens is 1. The summed E-state index contributed by atoms with van der Waals surface area (Å²) in [6.07, 6.45) is 7.08. The monoisotopic (exact) mass is 391 g/mol. The lowest BCUT2D eigenvalue weighted by Crippen LogP contribution is -2.39. The van der Waals surface area contributed by atoms with Crippen LogP contribution in [0.5, 0.6) is 0 Å². The van der Waals surface area contributed by atoms with E-state index < -0.39 is 0 Å². The number of carbonyl (C=O) groups is 1. The Morgan fingerprint density at radius 1 is 1.19 bits per heavy atom. The zero-order valence-electron chi connectivity index (χ0n) is 14.9. The molecular weight excluding hydrogens is 366 g/mol. The average molecular weight is 392 g/mol. The summed E-state index contributed by atoms with van der Waals surface area (Å²) in [6.45, 7) is 2.15. The van der Waals surface area contributed by atoms with Crippen molar-refractivity contribution in [3.8, 4) is 0 Å². The fraction of sp³-hybridized carbons (Fsp3) is 0.500. The molecule has 1 fully saturated rings. The zero-order chi connectivity index (χ0) is 17.2. The number of carbonyl (C=O) groups excluding carboxylic acids is 1. The van der Waals surface area contributed by atoms with Gasteiger partial charge in [-0.3, -0.25) is 4.79 Å². The van der Waals surface area contributed by atoms with Crippen molar-refractivity contribution in [1.29, 1.82) is 0 Å². The SMILES string of the molecule is Cl.NCc1ccc(C(=O)N2CCCC(c3nc4c(s3)CCCC4)C2)cc1. The van der Waals surface area contributed by atoms with Crippen LogP contribution in [0, 0.1) is 0 Å². The smallest absolute Gasteiger partial charge is 0.253 e. The van der Waals surface area contributed by atoms with Gasteiger partial charge in [0.2, 0.25) is 0 Å². The van der Waals surface area contributed by atoms with Gasteiger partial charge in [-0.05, 0) is 56.2 Å². The van der Waals surface area contributed by atoms with E-state index in [1.54, 1.807) is 0 Å². The van der Waals surface area contributed by atoms with E-state index in [0.29, 0.717) is 12.5 Å². The second-order valence-corrected chi connectivity index (χ2v) is 8.24. The van der Waals surface area contributed by atoms with Gasteiger partial charge in [0.05, 0.1) is 10.7 Å². The summed E-state index contributed by atoms with van der Waals surface area (Å²) < 4.78 is 0. The Labute approximate surface area is 165 Å². The summed E-state index contributed by atoms with van der Waals surface area (Å²) in [4.78, 5) is 21.3. The summed E-state index contributed by atoms with van der Waals surface area (Å²) in [5.74, 6) is 0.534. The van der Waals surface area contributed by atoms with Gasteiger partial charge in [0.1, 0.15) is 0 Å². The third-order valence-electron chi connectivity index (χ3n) is 5.36. The molecule has 1 saturated heterocycles. The maximum atomic E-state index is 12.8. The molecule has 0 bridgehead atoms. The van der Waals surface area contributed by atoms with Crippen molar-refractivity contribution in [1.82, 2.24) is 9.88 Å². The fourth-order valence-electron chi connectivity index (χ4n) is 3.88. The van der Waals surface area contributed by atoms with Crippen molar-refractivity contribution in [3.05, 3.63) is 51.0 Å². The number of hydrogen-bond donors (Lipinski definition) is 1. The van der Waals surface area contributed by atoms with Crippen molar-refractivity contribution in [3.63, 3.8) is 0 Å². The van der Waals surface area contributed by atoms with Crippen LogP contribution in [-0.4, -0.2) is 28.9 Å². The van der Waals surface area contributed by atoms with Crippen LogP contribution < -0.4 is 5.73 Å². The summed E-state index contributed by atoms with van der Waals surface area (Å²) in [5.41, 5.74) is 8.79. The van der Waals surface area contributed by atoms with Crippen molar-refractivity contribution in [2.75, 3.05) is 13.1 Å². The highest BCUT2D eigenvalue weighted by Gasteiger charge is 2.28. The maximum absolute atomic E-state index is 12.8. The van der Waals surface area contributed by atoms with E-state index in [1.165, 1.54) is 34.8 Å². The first-order valence-electron chi connectivity index (χ1n) is 9.31. The van der Waals surface area contributed by atoms with Crippen LogP contribution in [0.3, 0.4) is 0 Å². The normalized spacial score (nSPS) is 19.6. The van der Waals surface area contributed by atoms with Gasteiger partial charge in [0.25, 0.3) is 5.91 Å². The zero-order valence-corrected chi connectivity index (χ0v) is 16.6. The van der Waals surface area contributed by atoms with Crippen LogP contribution >= 0.6 is 23.7 Å². The maximum Gasteiger partial charge on any atom is 0.253 e. The number of piperidine rings is 1. The topological polar surface area (TPSA) is 59.2 Å². The van der Waals surface area contributed by atoms with Crippen molar-refractivity contribution in [2.24, 2.45) is 5.73 Å². The standard InChI is InChI=1S/C20H25N3OS.ClH/c21-12-14-7-9-15(10-8-14)20(24)23-11-3-4-16(13-23)19-22-17-5-1-2-6-18(17)25-19;/h7-10,16H,1-6,11-13,21H2;1H. The van der Waals surface area contributed by atoms with E-state index >= 15 is 0 Å². The Bertz CT molecular complexity index is 735. The number of likely N-dealkylation sites (tertiary alicyclic amines) is 1. The predicted octanol–water partition coefficient (Wildman–Crippen LogP) is 3.92. The molecule has 1 amide bonds. The van der Waals surface area contributed by atoms with Crippen molar-refractivity contribution < 1.29 is 4.79 Å². The first-order valence-corrected chi connectivity index (χ1v) is 10.1. The van der Waals surface area contributed by atoms with Crippen LogP contribution in [-0.2, 0) is 19.4 Å². The third-order valence-corrected chi connectivity index (χ3v) is 6.68. The summed E-state index contributed by atoms with van der Waals surface area (Å²) >= 11 is 1.89. The van der Waals surface area contributed by atoms with E-state index in [1.807, 2.05) is 40.5 Å². The predicted molar refractivity (Wildman–Crippen MR) is 108 cm³/mol. The first-order chi connectivity index (χ1) is 12.2. The van der Waals surface area contributed by atoms with E-state index in [9.17, 15) is 4.79 Å². The largest absolute Gasteiger partial charge is 0.338 e. The minimum atomic E-state index is 0. The van der Waals surface area contributed by atoms with Gasteiger partial charge in [-0.15, -0.1) is 23.7 Å². The number of benzene rings is 1. The summed E-state index contributed by atoms with van der Waals surface area (Å²) in [7, 11) is 0. The van der Waals surface area contributed by atoms with Crippen LogP contribution in [0.15, 0.2) is 24.3 Å². The molecule has 0 spiro atoms. The molecule has 1 unspecified atom stereocenters. The van der Waals surface area contributed by atoms with Crippen LogP contribution in [0.4, 0.5) is 0 Å². The Hall–Kier alpha value is -1.43. The highest BCUT2D eigenvalue weighted by molar-refractivity contribution is 7.11. The van der Waals surface area contributed by atoms with E-state index in [2.05, 4.69) is 0 Å². The Kier molecular flexibility index (Phi) is 6.33. The highest BCUT2D eigenvalue weighted by atomic mass is 35.5. The number of fused-ring (bicyclic) bond motifs is 1. The van der Waals surface area contributed by atoms with Gasteiger partial charge in [0, 0.05) is 36.0 Å². The van der Waals surface area contributed by atoms with Crippen LogP contribution in [0.2, 0.25) is 0 Å². The molecule has 4 nitrogen and oxygen atoms in total. The molecule has 1 aromatic carbocycles. The van der Waals surface area contributed by atoms with Gasteiger partial charge in [-0.25, -0.2) is 4.98 Å². The second kappa shape index (κ2) is 8.51. The average Bonchev–Trinajstić information content (AvgIpc) is 3.12. The number of thiazole rings is 1. The van der Waals surface area contributed by atoms with Crippen molar-refractivity contribution >= 4 is 29.7 Å². The lowest BCUT2D eigenvalue weighted by molar-refractivity contribution is 0.0707. The van der Waals surface area contributed by atoms with Gasteiger partial charge in [-0.2, -0.15) is 0 Å². The minimum absolute atomic E-state index is 0. The molecule has 1 aromatic heterocycles. The first kappa shape index (κ1) is 19.3. The number of aryl methyl sites for hydroxylation is 2. The van der Waals surface area contributed by atoms with Gasteiger partial charge in [0.15, 0.2) is 0 Å². The Morgan fingerprint density at radius 3 is 2.69 bits per heavy atom. The number of hydrogen-bond acceptors (Lipinski definition) is 4. The highest BCUT2D eigenvalue weighted by Crippen LogP contribution is 2.35. The van der Waals surface area contributed by atoms with Crippen LogP contribution in [0.25, 0.3) is 0 Å². The molecule has 1 aliphatic carbocycles. The summed E-state index contributed by atoms with van der Waals surface area (Å²) in [6, 6.07) is 7.69. The second-order valence-electron chi connectivity index (χ2n) is 7.12. The molecule has 0 radical (unpaired) electrons. The molecule has 26 heavy (non-hydrogen) atoms. The lowest BCUT2D eigenvalue weighted by Gasteiger charge is -2.32. The Morgan fingerprint density at radius 2 is 1.96 bits per heavy atom. The van der Waals surface area contributed by atoms with Gasteiger partial charge in [-0.1, -0.05) is 12.1 Å². The Balaban J connectivity index is 0.00000196. The van der Waals surface area contributed by atoms with E-state index in [0.717, 1.165) is 43.5 Å². The molecular formula is C20H26ClN3OS. The number of aromatic nitrogens is 1. The molecule has 140 valence electrons. The number of nitrogens with two attached hydrogens (primary N) is 1. The molecule has 1 aliphatic heterocycles. The minimum Gasteiger partial charge on any atom is -0.338 e. The van der Waals surface area contributed by atoms with E-state index in [4.69, 9.17) is 10.7 Å². The molecule has 1 atom stereocenters. The molecule has 6 heteroatoms. The lowest BCUT2D eigenvalue weighted by atomic mass is 9.97. The summed E-state index contributed by atoms with van der Waals surface area (Å²) in [5, 5.41) is 1.25. The van der Waals surface area contributed by atoms with Gasteiger partial charge >= 0.3 is 0 Å². The van der Waals surface area contributed by atoms with Crippen LogP contribution in [0.1, 0.15) is 63.1 Å². The molecule has 0 saturated carbocycles. The number of amides is 1. The quantitative estimate of drug-likeness (QED) is 0.862. The number of nitrogens with zero attached hydrogens (tertiary/aromatic N) is 2. The van der Waals surface area contributed by atoms with E-state index in [-0.39, 0.29) is 18.3 Å². The molecule has 2 heterocycles. The van der Waals surface area contributed by atoms with Crippen molar-refractivity contribution in [2.45, 2.75) is 51.0 Å². The fourth-order valence-corrected chi connectivity index (χ4v) is 5.15.